The summed E-state index contributed by atoms with van der Waals surface area (Å²) in [4.78, 5) is 10.9. The summed E-state index contributed by atoms with van der Waals surface area (Å²) >= 11 is 0. The lowest BCUT2D eigenvalue weighted by atomic mass is 10.1. The van der Waals surface area contributed by atoms with Gasteiger partial charge in [-0.3, -0.25) is 10.2 Å². The first kappa shape index (κ1) is 10.7. The van der Waals surface area contributed by atoms with Crippen LogP contribution in [0.25, 0.3) is 6.08 Å². The molecule has 1 aromatic carbocycles. The molecule has 1 aliphatic rings. The SMILES string of the molecule is Nc1cccc(/C=C/C2CCC(=O)NN2)c1. The molecule has 0 radical (unpaired) electrons. The standard InChI is InChI=1S/C12H15N3O/c13-10-3-1-2-9(8-10)4-5-11-6-7-12(16)15-14-11/h1-5,8,11,14H,6-7,13H2,(H,15,16)/b5-4+. The number of rotatable bonds is 2. The van der Waals surface area contributed by atoms with Crippen LogP contribution in [0.4, 0.5) is 5.69 Å². The van der Waals surface area contributed by atoms with Crippen LogP contribution in [0.1, 0.15) is 18.4 Å². The Hall–Kier alpha value is -1.81. The summed E-state index contributed by atoms with van der Waals surface area (Å²) < 4.78 is 0. The Morgan fingerprint density at radius 2 is 2.31 bits per heavy atom. The summed E-state index contributed by atoms with van der Waals surface area (Å²) in [7, 11) is 0. The third kappa shape index (κ3) is 2.84. The van der Waals surface area contributed by atoms with E-state index >= 15 is 0 Å². The van der Waals surface area contributed by atoms with Crippen molar-refractivity contribution in [1.82, 2.24) is 10.9 Å². The average Bonchev–Trinajstić information content (AvgIpc) is 2.28. The van der Waals surface area contributed by atoms with Crippen LogP contribution in [-0.4, -0.2) is 11.9 Å². The van der Waals surface area contributed by atoms with Crippen LogP contribution in [0.15, 0.2) is 30.3 Å². The maximum atomic E-state index is 10.9. The van der Waals surface area contributed by atoms with E-state index in [1.54, 1.807) is 0 Å². The van der Waals surface area contributed by atoms with Crippen molar-refractivity contribution < 1.29 is 4.79 Å². The van der Waals surface area contributed by atoms with Gasteiger partial charge in [0.2, 0.25) is 5.91 Å². The molecule has 84 valence electrons. The van der Waals surface area contributed by atoms with E-state index in [-0.39, 0.29) is 11.9 Å². The van der Waals surface area contributed by atoms with E-state index < -0.39 is 0 Å². The normalized spacial score (nSPS) is 21.0. The van der Waals surface area contributed by atoms with Gasteiger partial charge in [0, 0.05) is 18.2 Å². The minimum absolute atomic E-state index is 0.0496. The first-order valence-corrected chi connectivity index (χ1v) is 5.32. The van der Waals surface area contributed by atoms with Gasteiger partial charge < -0.3 is 5.73 Å². The Kier molecular flexibility index (Phi) is 3.22. The highest BCUT2D eigenvalue weighted by Crippen LogP contribution is 2.10. The predicted molar refractivity (Wildman–Crippen MR) is 64.2 cm³/mol. The van der Waals surface area contributed by atoms with Gasteiger partial charge in [0.15, 0.2) is 0 Å². The number of hydrogen-bond donors (Lipinski definition) is 3. The van der Waals surface area contributed by atoms with Crippen LogP contribution >= 0.6 is 0 Å². The predicted octanol–water partition coefficient (Wildman–Crippen LogP) is 1.07. The van der Waals surface area contributed by atoms with Gasteiger partial charge in [0.25, 0.3) is 0 Å². The van der Waals surface area contributed by atoms with E-state index in [4.69, 9.17) is 5.73 Å². The quantitative estimate of drug-likeness (QED) is 0.649. The Bertz CT molecular complexity index is 404. The van der Waals surface area contributed by atoms with E-state index in [0.29, 0.717) is 6.42 Å². The van der Waals surface area contributed by atoms with Gasteiger partial charge in [-0.15, -0.1) is 0 Å². The number of nitrogens with two attached hydrogens (primary N) is 1. The second kappa shape index (κ2) is 4.81. The number of carbonyl (C=O) groups is 1. The van der Waals surface area contributed by atoms with E-state index in [1.165, 1.54) is 0 Å². The monoisotopic (exact) mass is 217 g/mol. The van der Waals surface area contributed by atoms with E-state index in [2.05, 4.69) is 10.9 Å². The molecule has 1 saturated heterocycles. The number of nitrogen functional groups attached to an aromatic ring is 1. The third-order valence-corrected chi connectivity index (χ3v) is 2.51. The summed E-state index contributed by atoms with van der Waals surface area (Å²) in [5, 5.41) is 0. The Balaban J connectivity index is 1.96. The van der Waals surface area contributed by atoms with Crippen molar-refractivity contribution in [2.75, 3.05) is 5.73 Å². The van der Waals surface area contributed by atoms with E-state index in [1.807, 2.05) is 36.4 Å². The molecule has 1 fully saturated rings. The first-order chi connectivity index (χ1) is 7.74. The molecule has 4 heteroatoms. The maximum Gasteiger partial charge on any atom is 0.234 e. The van der Waals surface area contributed by atoms with Crippen molar-refractivity contribution in [1.29, 1.82) is 0 Å². The fourth-order valence-corrected chi connectivity index (χ4v) is 1.63. The minimum Gasteiger partial charge on any atom is -0.399 e. The third-order valence-electron chi connectivity index (χ3n) is 2.51. The molecule has 0 spiro atoms. The lowest BCUT2D eigenvalue weighted by Crippen LogP contribution is -2.48. The van der Waals surface area contributed by atoms with E-state index in [0.717, 1.165) is 17.7 Å². The summed E-state index contributed by atoms with van der Waals surface area (Å²) in [6.45, 7) is 0. The van der Waals surface area contributed by atoms with Gasteiger partial charge in [-0.2, -0.15) is 0 Å². The molecule has 1 heterocycles. The van der Waals surface area contributed by atoms with Crippen molar-refractivity contribution in [3.63, 3.8) is 0 Å². The van der Waals surface area contributed by atoms with Crippen LogP contribution in [-0.2, 0) is 4.79 Å². The average molecular weight is 217 g/mol. The number of anilines is 1. The zero-order valence-electron chi connectivity index (χ0n) is 8.94. The highest BCUT2D eigenvalue weighted by molar-refractivity contribution is 5.76. The van der Waals surface area contributed by atoms with Crippen molar-refractivity contribution in [3.8, 4) is 0 Å². The number of benzene rings is 1. The zero-order chi connectivity index (χ0) is 11.4. The topological polar surface area (TPSA) is 67.2 Å². The maximum absolute atomic E-state index is 10.9. The molecule has 0 aliphatic carbocycles. The summed E-state index contributed by atoms with van der Waals surface area (Å²) in [5.41, 5.74) is 13.1. The molecule has 1 atom stereocenters. The van der Waals surface area contributed by atoms with Crippen LogP contribution in [0.2, 0.25) is 0 Å². The fraction of sp³-hybridized carbons (Fsp3) is 0.250. The minimum atomic E-state index is 0.0496. The molecule has 0 bridgehead atoms. The molecule has 1 amide bonds. The summed E-state index contributed by atoms with van der Waals surface area (Å²) in [6.07, 6.45) is 5.43. The summed E-state index contributed by atoms with van der Waals surface area (Å²) in [5.74, 6) is 0.0496. The fourth-order valence-electron chi connectivity index (χ4n) is 1.63. The second-order valence-electron chi connectivity index (χ2n) is 3.87. The lowest BCUT2D eigenvalue weighted by molar-refractivity contribution is -0.123. The molecule has 0 saturated carbocycles. The van der Waals surface area contributed by atoms with Crippen molar-refractivity contribution in [3.05, 3.63) is 35.9 Å². The highest BCUT2D eigenvalue weighted by Gasteiger charge is 2.13. The Morgan fingerprint density at radius 3 is 3.00 bits per heavy atom. The molecular weight excluding hydrogens is 202 g/mol. The molecule has 2 rings (SSSR count). The summed E-state index contributed by atoms with van der Waals surface area (Å²) in [6, 6.07) is 7.88. The molecule has 16 heavy (non-hydrogen) atoms. The van der Waals surface area contributed by atoms with Crippen molar-refractivity contribution >= 4 is 17.7 Å². The van der Waals surface area contributed by atoms with Gasteiger partial charge in [-0.25, -0.2) is 5.43 Å². The van der Waals surface area contributed by atoms with Gasteiger partial charge in [-0.05, 0) is 24.1 Å². The van der Waals surface area contributed by atoms with Crippen LogP contribution in [0.5, 0.6) is 0 Å². The van der Waals surface area contributed by atoms with E-state index in [9.17, 15) is 4.79 Å². The van der Waals surface area contributed by atoms with Gasteiger partial charge in [-0.1, -0.05) is 24.3 Å². The number of hydrazine groups is 1. The molecule has 4 N–H and O–H groups in total. The van der Waals surface area contributed by atoms with Gasteiger partial charge in [0.1, 0.15) is 0 Å². The molecule has 0 aromatic heterocycles. The Labute approximate surface area is 94.5 Å². The van der Waals surface area contributed by atoms with Crippen molar-refractivity contribution in [2.45, 2.75) is 18.9 Å². The van der Waals surface area contributed by atoms with Crippen LogP contribution in [0, 0.1) is 0 Å². The zero-order valence-corrected chi connectivity index (χ0v) is 8.94. The smallest absolute Gasteiger partial charge is 0.234 e. The largest absolute Gasteiger partial charge is 0.399 e. The van der Waals surface area contributed by atoms with Crippen LogP contribution in [0.3, 0.4) is 0 Å². The number of nitrogens with one attached hydrogen (secondary N) is 2. The molecule has 1 aliphatic heterocycles. The molecular formula is C12H15N3O. The first-order valence-electron chi connectivity index (χ1n) is 5.32. The Morgan fingerprint density at radius 1 is 1.44 bits per heavy atom. The second-order valence-corrected chi connectivity index (χ2v) is 3.87. The molecule has 4 nitrogen and oxygen atoms in total. The number of amides is 1. The van der Waals surface area contributed by atoms with Crippen LogP contribution < -0.4 is 16.6 Å². The van der Waals surface area contributed by atoms with Gasteiger partial charge >= 0.3 is 0 Å². The highest BCUT2D eigenvalue weighted by atomic mass is 16.2. The van der Waals surface area contributed by atoms with Crippen molar-refractivity contribution in [2.24, 2.45) is 0 Å². The van der Waals surface area contributed by atoms with Gasteiger partial charge in [0.05, 0.1) is 0 Å². The number of hydrogen-bond acceptors (Lipinski definition) is 3. The number of carbonyl (C=O) groups excluding carboxylic acids is 1. The molecule has 1 aromatic rings. The molecule has 1 unspecified atom stereocenters. The lowest BCUT2D eigenvalue weighted by Gasteiger charge is -2.20.